The van der Waals surface area contributed by atoms with Gasteiger partial charge in [0, 0.05) is 23.8 Å². The molecule has 11 heteroatoms. The Kier molecular flexibility index (Phi) is 5.86. The number of hydrogen-bond acceptors (Lipinski definition) is 7. The number of rotatable bonds is 6. The maximum atomic E-state index is 13.5. The molecule has 2 aromatic carbocycles. The summed E-state index contributed by atoms with van der Waals surface area (Å²) >= 11 is 0. The highest BCUT2D eigenvalue weighted by Gasteiger charge is 2.51. The third-order valence-corrected chi connectivity index (χ3v) is 6.11. The molecule has 3 amide bonds. The molecule has 1 saturated heterocycles. The second-order valence-corrected chi connectivity index (χ2v) is 8.04. The molecule has 33 heavy (non-hydrogen) atoms. The molecule has 1 aliphatic heterocycles. The Balaban J connectivity index is 1.78. The molecule has 2 aliphatic rings. The minimum Gasteiger partial charge on any atom is -0.272 e. The molecule has 0 unspecified atom stereocenters. The van der Waals surface area contributed by atoms with Crippen LogP contribution < -0.4 is 0 Å². The zero-order chi connectivity index (χ0) is 23.7. The number of para-hydroxylation sites is 1. The molecule has 0 radical (unpaired) electrons. The maximum Gasteiger partial charge on any atom is 0.274 e. The fourth-order valence-electron chi connectivity index (χ4n) is 4.50. The number of benzene rings is 2. The number of hydrazine groups is 1. The summed E-state index contributed by atoms with van der Waals surface area (Å²) in [4.78, 5) is 61.2. The number of nitro benzene ring substituents is 2. The van der Waals surface area contributed by atoms with E-state index in [-0.39, 0.29) is 22.5 Å². The molecule has 1 saturated carbocycles. The summed E-state index contributed by atoms with van der Waals surface area (Å²) in [6.07, 6.45) is 2.63. The molecular weight excluding hydrogens is 432 g/mol. The van der Waals surface area contributed by atoms with Gasteiger partial charge in [-0.3, -0.25) is 34.6 Å². The number of nitrogens with zero attached hydrogens (tertiary/aromatic N) is 4. The Bertz CT molecular complexity index is 1140. The number of amides is 3. The fraction of sp³-hybridized carbons (Fsp3) is 0.318. The first-order valence-corrected chi connectivity index (χ1v) is 10.5. The van der Waals surface area contributed by atoms with Gasteiger partial charge in [0.1, 0.15) is 0 Å². The zero-order valence-electron chi connectivity index (χ0n) is 17.5. The lowest BCUT2D eigenvalue weighted by molar-refractivity contribution is -0.385. The van der Waals surface area contributed by atoms with Crippen molar-refractivity contribution < 1.29 is 24.2 Å². The number of non-ortho nitro benzene ring substituents is 1. The molecule has 0 spiro atoms. The number of carbonyl (C=O) groups is 3. The van der Waals surface area contributed by atoms with Crippen molar-refractivity contribution in [1.82, 2.24) is 10.0 Å². The summed E-state index contributed by atoms with van der Waals surface area (Å²) in [5.41, 5.74) is -0.597. The first-order chi connectivity index (χ1) is 15.8. The molecule has 2 atom stereocenters. The van der Waals surface area contributed by atoms with E-state index in [1.54, 1.807) is 6.07 Å². The highest BCUT2D eigenvalue weighted by molar-refractivity contribution is 6.07. The zero-order valence-corrected chi connectivity index (χ0v) is 17.5. The Labute approximate surface area is 187 Å². The lowest BCUT2D eigenvalue weighted by Gasteiger charge is -2.30. The Morgan fingerprint density at radius 3 is 2.18 bits per heavy atom. The van der Waals surface area contributed by atoms with Crippen LogP contribution in [-0.2, 0) is 16.1 Å². The van der Waals surface area contributed by atoms with Crippen molar-refractivity contribution in [3.8, 4) is 0 Å². The van der Waals surface area contributed by atoms with E-state index in [0.29, 0.717) is 12.8 Å². The second kappa shape index (κ2) is 8.77. The van der Waals surface area contributed by atoms with E-state index in [9.17, 15) is 34.6 Å². The van der Waals surface area contributed by atoms with Crippen LogP contribution in [0.15, 0.2) is 48.5 Å². The van der Waals surface area contributed by atoms with E-state index in [1.807, 2.05) is 0 Å². The molecule has 11 nitrogen and oxygen atoms in total. The van der Waals surface area contributed by atoms with Gasteiger partial charge in [-0.25, -0.2) is 5.01 Å². The van der Waals surface area contributed by atoms with E-state index in [4.69, 9.17) is 0 Å². The van der Waals surface area contributed by atoms with Gasteiger partial charge in [0.25, 0.3) is 29.1 Å². The largest absolute Gasteiger partial charge is 0.274 e. The third-order valence-electron chi connectivity index (χ3n) is 6.11. The van der Waals surface area contributed by atoms with Crippen molar-refractivity contribution in [2.24, 2.45) is 11.8 Å². The Hall–Kier alpha value is -4.15. The van der Waals surface area contributed by atoms with Crippen LogP contribution in [0.2, 0.25) is 0 Å². The molecule has 2 fully saturated rings. The predicted molar refractivity (Wildman–Crippen MR) is 113 cm³/mol. The van der Waals surface area contributed by atoms with Gasteiger partial charge >= 0.3 is 0 Å². The average Bonchev–Trinajstić information content (AvgIpc) is 3.07. The van der Waals surface area contributed by atoms with Crippen LogP contribution in [-0.4, -0.2) is 37.6 Å². The van der Waals surface area contributed by atoms with Crippen molar-refractivity contribution >= 4 is 29.1 Å². The van der Waals surface area contributed by atoms with E-state index in [1.165, 1.54) is 36.4 Å². The van der Waals surface area contributed by atoms with Crippen LogP contribution in [0.3, 0.4) is 0 Å². The van der Waals surface area contributed by atoms with Gasteiger partial charge in [-0.15, -0.1) is 0 Å². The summed E-state index contributed by atoms with van der Waals surface area (Å²) in [5, 5.41) is 24.3. The van der Waals surface area contributed by atoms with Gasteiger partial charge in [0.15, 0.2) is 0 Å². The summed E-state index contributed by atoms with van der Waals surface area (Å²) in [7, 11) is 0. The first-order valence-electron chi connectivity index (χ1n) is 10.5. The number of imide groups is 1. The SMILES string of the molecule is O=C(c1cccc([N+](=O)[O-])c1)N(Cc1ccccc1[N+](=O)[O-])N1C(=O)[C@H]2CCCC[C@@H]2C1=O. The van der Waals surface area contributed by atoms with Crippen molar-refractivity contribution in [3.05, 3.63) is 79.9 Å². The molecule has 0 bridgehead atoms. The van der Waals surface area contributed by atoms with Crippen LogP contribution in [0.1, 0.15) is 41.6 Å². The highest BCUT2D eigenvalue weighted by atomic mass is 16.6. The molecule has 0 aromatic heterocycles. The molecule has 4 rings (SSSR count). The van der Waals surface area contributed by atoms with Gasteiger partial charge in [-0.05, 0) is 18.9 Å². The molecular formula is C22H20N4O7. The number of carbonyl (C=O) groups excluding carboxylic acids is 3. The van der Waals surface area contributed by atoms with Crippen molar-refractivity contribution in [3.63, 3.8) is 0 Å². The fourth-order valence-corrected chi connectivity index (χ4v) is 4.50. The highest BCUT2D eigenvalue weighted by Crippen LogP contribution is 2.39. The van der Waals surface area contributed by atoms with Crippen LogP contribution in [0.5, 0.6) is 0 Å². The Morgan fingerprint density at radius 2 is 1.58 bits per heavy atom. The molecule has 1 heterocycles. The molecule has 2 aromatic rings. The van der Waals surface area contributed by atoms with Gasteiger partial charge in [-0.1, -0.05) is 37.1 Å². The van der Waals surface area contributed by atoms with E-state index in [2.05, 4.69) is 0 Å². The summed E-state index contributed by atoms with van der Waals surface area (Å²) < 4.78 is 0. The van der Waals surface area contributed by atoms with Gasteiger partial charge in [-0.2, -0.15) is 5.01 Å². The van der Waals surface area contributed by atoms with Gasteiger partial charge in [0.2, 0.25) is 0 Å². The van der Waals surface area contributed by atoms with Gasteiger partial charge in [0.05, 0.1) is 33.8 Å². The quantitative estimate of drug-likeness (QED) is 0.372. The monoisotopic (exact) mass is 452 g/mol. The third kappa shape index (κ3) is 4.04. The van der Waals surface area contributed by atoms with Crippen molar-refractivity contribution in [1.29, 1.82) is 0 Å². The number of nitro groups is 2. The van der Waals surface area contributed by atoms with Crippen LogP contribution in [0.25, 0.3) is 0 Å². The summed E-state index contributed by atoms with van der Waals surface area (Å²) in [6, 6.07) is 10.6. The van der Waals surface area contributed by atoms with E-state index < -0.39 is 45.9 Å². The summed E-state index contributed by atoms with van der Waals surface area (Å²) in [6.45, 7) is -0.421. The molecule has 170 valence electrons. The summed E-state index contributed by atoms with van der Waals surface area (Å²) in [5.74, 6) is -2.98. The lowest BCUT2D eigenvalue weighted by atomic mass is 9.81. The maximum absolute atomic E-state index is 13.5. The molecule has 1 aliphatic carbocycles. The van der Waals surface area contributed by atoms with E-state index in [0.717, 1.165) is 28.9 Å². The van der Waals surface area contributed by atoms with Crippen LogP contribution in [0, 0.1) is 32.1 Å². The number of hydrogen-bond donors (Lipinski definition) is 0. The minimum atomic E-state index is -0.836. The van der Waals surface area contributed by atoms with Crippen LogP contribution >= 0.6 is 0 Å². The minimum absolute atomic E-state index is 0.113. The smallest absolute Gasteiger partial charge is 0.272 e. The van der Waals surface area contributed by atoms with E-state index >= 15 is 0 Å². The van der Waals surface area contributed by atoms with Crippen LogP contribution in [0.4, 0.5) is 11.4 Å². The first kappa shape index (κ1) is 22.1. The Morgan fingerprint density at radius 1 is 0.939 bits per heavy atom. The van der Waals surface area contributed by atoms with Crippen molar-refractivity contribution in [2.75, 3.05) is 0 Å². The topological polar surface area (TPSA) is 144 Å². The lowest BCUT2D eigenvalue weighted by Crippen LogP contribution is -2.49. The van der Waals surface area contributed by atoms with Crippen molar-refractivity contribution in [2.45, 2.75) is 32.2 Å². The predicted octanol–water partition coefficient (Wildman–Crippen LogP) is 3.24. The normalized spacial score (nSPS) is 19.8. The average molecular weight is 452 g/mol. The second-order valence-electron chi connectivity index (χ2n) is 8.04. The molecule has 0 N–H and O–H groups in total. The standard InChI is InChI=1S/C22H20N4O7/c27-20(14-7-5-8-16(12-14)25(30)31)23(13-15-6-1-4-11-19(15)26(32)33)24-21(28)17-9-2-3-10-18(17)22(24)29/h1,4-8,11-12,17-18H,2-3,9-10,13H2/t17-,18-/m0/s1. The number of fused-ring (bicyclic) bond motifs is 1. The van der Waals surface area contributed by atoms with Gasteiger partial charge < -0.3 is 0 Å².